The maximum Gasteiger partial charge on any atom is 0.0654 e. The molecule has 0 aliphatic carbocycles. The van der Waals surface area contributed by atoms with Crippen LogP contribution in [0.2, 0.25) is 0 Å². The summed E-state index contributed by atoms with van der Waals surface area (Å²) in [6.45, 7) is 3.27. The van der Waals surface area contributed by atoms with Crippen LogP contribution >= 0.6 is 0 Å². The van der Waals surface area contributed by atoms with Crippen molar-refractivity contribution in [2.75, 3.05) is 26.2 Å². The Morgan fingerprint density at radius 1 is 1.26 bits per heavy atom. The normalized spacial score (nSPS) is 16.8. The lowest BCUT2D eigenvalue weighted by Gasteiger charge is -2.26. The molecule has 0 saturated carbocycles. The van der Waals surface area contributed by atoms with Crippen LogP contribution in [0.25, 0.3) is 10.9 Å². The van der Waals surface area contributed by atoms with Crippen LogP contribution in [0.15, 0.2) is 42.1 Å². The molecular weight excluding hydrogens is 236 g/mol. The molecule has 0 bridgehead atoms. The largest absolute Gasteiger partial charge is 0.392 e. The highest BCUT2D eigenvalue weighted by Crippen LogP contribution is 2.19. The standard InChI is InChI=1S/C16H20N2O/c19-12-13-4-3-8-18(11-13)9-7-14-10-17-16-6-2-1-5-15(14)16/h1-2,4-6,10,17,19H,3,7-9,11-12H2. The van der Waals surface area contributed by atoms with Gasteiger partial charge >= 0.3 is 0 Å². The highest BCUT2D eigenvalue weighted by atomic mass is 16.3. The second-order valence-corrected chi connectivity index (χ2v) is 5.19. The topological polar surface area (TPSA) is 39.3 Å². The molecule has 19 heavy (non-hydrogen) atoms. The van der Waals surface area contributed by atoms with Crippen LogP contribution in [-0.2, 0) is 6.42 Å². The Morgan fingerprint density at radius 3 is 3.05 bits per heavy atom. The van der Waals surface area contributed by atoms with Gasteiger partial charge in [0, 0.05) is 36.7 Å². The Morgan fingerprint density at radius 2 is 2.16 bits per heavy atom. The SMILES string of the molecule is OCC1=CCCN(CCc2c[nH]c3ccccc23)C1. The number of benzene rings is 1. The summed E-state index contributed by atoms with van der Waals surface area (Å²) in [6.07, 6.45) is 6.41. The van der Waals surface area contributed by atoms with E-state index < -0.39 is 0 Å². The quantitative estimate of drug-likeness (QED) is 0.824. The Hall–Kier alpha value is -1.58. The third-order valence-corrected chi connectivity index (χ3v) is 3.88. The van der Waals surface area contributed by atoms with Crippen molar-refractivity contribution in [2.24, 2.45) is 0 Å². The molecule has 1 aliphatic heterocycles. The van der Waals surface area contributed by atoms with E-state index in [1.807, 2.05) is 0 Å². The Balaban J connectivity index is 1.65. The molecule has 1 aromatic heterocycles. The van der Waals surface area contributed by atoms with Gasteiger partial charge in [0.2, 0.25) is 0 Å². The van der Waals surface area contributed by atoms with Crippen molar-refractivity contribution in [2.45, 2.75) is 12.8 Å². The van der Waals surface area contributed by atoms with Crippen molar-refractivity contribution in [3.05, 3.63) is 47.7 Å². The number of nitrogens with zero attached hydrogens (tertiary/aromatic N) is 1. The summed E-state index contributed by atoms with van der Waals surface area (Å²) in [5, 5.41) is 10.5. The van der Waals surface area contributed by atoms with Crippen LogP contribution in [0, 0.1) is 0 Å². The van der Waals surface area contributed by atoms with E-state index in [-0.39, 0.29) is 6.61 Å². The van der Waals surface area contributed by atoms with Crippen LogP contribution in [-0.4, -0.2) is 41.2 Å². The van der Waals surface area contributed by atoms with Crippen molar-refractivity contribution in [1.82, 2.24) is 9.88 Å². The van der Waals surface area contributed by atoms with Gasteiger partial charge in [-0.25, -0.2) is 0 Å². The molecule has 0 radical (unpaired) electrons. The summed E-state index contributed by atoms with van der Waals surface area (Å²) in [5.74, 6) is 0. The van der Waals surface area contributed by atoms with Gasteiger partial charge in [0.25, 0.3) is 0 Å². The van der Waals surface area contributed by atoms with Crippen LogP contribution < -0.4 is 0 Å². The average Bonchev–Trinajstić information content (AvgIpc) is 2.89. The first-order valence-electron chi connectivity index (χ1n) is 6.93. The van der Waals surface area contributed by atoms with Gasteiger partial charge in [-0.2, -0.15) is 0 Å². The van der Waals surface area contributed by atoms with Crippen LogP contribution in [0.3, 0.4) is 0 Å². The zero-order chi connectivity index (χ0) is 13.1. The molecule has 3 rings (SSSR count). The molecule has 3 nitrogen and oxygen atoms in total. The Labute approximate surface area is 113 Å². The molecule has 0 atom stereocenters. The molecule has 2 aromatic rings. The Bertz CT molecular complexity index is 585. The first-order valence-corrected chi connectivity index (χ1v) is 6.93. The number of para-hydroxylation sites is 1. The van der Waals surface area contributed by atoms with E-state index in [0.29, 0.717) is 0 Å². The van der Waals surface area contributed by atoms with Gasteiger partial charge in [0.05, 0.1) is 6.61 Å². The summed E-state index contributed by atoms with van der Waals surface area (Å²) >= 11 is 0. The van der Waals surface area contributed by atoms with Crippen LogP contribution in [0.5, 0.6) is 0 Å². The fourth-order valence-corrected chi connectivity index (χ4v) is 2.80. The molecule has 0 amide bonds. The zero-order valence-electron chi connectivity index (χ0n) is 11.1. The van der Waals surface area contributed by atoms with Gasteiger partial charge in [-0.05, 0) is 30.0 Å². The molecule has 0 spiro atoms. The van der Waals surface area contributed by atoms with Crippen molar-refractivity contribution in [3.8, 4) is 0 Å². The van der Waals surface area contributed by atoms with E-state index in [9.17, 15) is 5.11 Å². The van der Waals surface area contributed by atoms with E-state index >= 15 is 0 Å². The summed E-state index contributed by atoms with van der Waals surface area (Å²) in [4.78, 5) is 5.75. The molecular formula is C16H20N2O. The first-order chi connectivity index (χ1) is 9.36. The Kier molecular flexibility index (Phi) is 3.67. The van der Waals surface area contributed by atoms with E-state index in [1.54, 1.807) is 0 Å². The third kappa shape index (κ3) is 2.72. The molecule has 0 saturated heterocycles. The van der Waals surface area contributed by atoms with Crippen molar-refractivity contribution >= 4 is 10.9 Å². The van der Waals surface area contributed by atoms with Gasteiger partial charge in [-0.15, -0.1) is 0 Å². The smallest absolute Gasteiger partial charge is 0.0654 e. The number of aliphatic hydroxyl groups is 1. The van der Waals surface area contributed by atoms with Gasteiger partial charge < -0.3 is 10.1 Å². The minimum atomic E-state index is 0.198. The van der Waals surface area contributed by atoms with E-state index in [4.69, 9.17) is 0 Å². The molecule has 1 aromatic carbocycles. The number of hydrogen-bond acceptors (Lipinski definition) is 2. The number of fused-ring (bicyclic) bond motifs is 1. The van der Waals surface area contributed by atoms with E-state index in [2.05, 4.69) is 46.4 Å². The summed E-state index contributed by atoms with van der Waals surface area (Å²) in [5.41, 5.74) is 3.76. The zero-order valence-corrected chi connectivity index (χ0v) is 11.1. The number of aliphatic hydroxyl groups excluding tert-OH is 1. The fraction of sp³-hybridized carbons (Fsp3) is 0.375. The predicted octanol–water partition coefficient (Wildman–Crippen LogP) is 2.33. The minimum Gasteiger partial charge on any atom is -0.392 e. The summed E-state index contributed by atoms with van der Waals surface area (Å²) in [7, 11) is 0. The van der Waals surface area contributed by atoms with Crippen molar-refractivity contribution in [3.63, 3.8) is 0 Å². The molecule has 0 unspecified atom stereocenters. The first kappa shape index (κ1) is 12.5. The second kappa shape index (κ2) is 5.59. The second-order valence-electron chi connectivity index (χ2n) is 5.19. The lowest BCUT2D eigenvalue weighted by molar-refractivity contribution is 0.260. The lowest BCUT2D eigenvalue weighted by atomic mass is 10.1. The molecule has 1 aliphatic rings. The molecule has 100 valence electrons. The lowest BCUT2D eigenvalue weighted by Crippen LogP contribution is -2.32. The maximum absolute atomic E-state index is 9.20. The van der Waals surface area contributed by atoms with Gasteiger partial charge in [-0.1, -0.05) is 24.3 Å². The van der Waals surface area contributed by atoms with E-state index in [0.717, 1.165) is 38.0 Å². The fourth-order valence-electron chi connectivity index (χ4n) is 2.80. The van der Waals surface area contributed by atoms with Gasteiger partial charge in [0.15, 0.2) is 0 Å². The van der Waals surface area contributed by atoms with Crippen LogP contribution in [0.4, 0.5) is 0 Å². The molecule has 2 N–H and O–H groups in total. The number of H-pyrrole nitrogens is 1. The molecule has 3 heteroatoms. The predicted molar refractivity (Wildman–Crippen MR) is 78.2 cm³/mol. The minimum absolute atomic E-state index is 0.198. The number of rotatable bonds is 4. The van der Waals surface area contributed by atoms with Gasteiger partial charge in [0.1, 0.15) is 0 Å². The highest BCUT2D eigenvalue weighted by molar-refractivity contribution is 5.83. The van der Waals surface area contributed by atoms with Crippen molar-refractivity contribution in [1.29, 1.82) is 0 Å². The molecule has 2 heterocycles. The summed E-state index contributed by atoms with van der Waals surface area (Å²) in [6, 6.07) is 8.45. The molecule has 0 fully saturated rings. The average molecular weight is 256 g/mol. The maximum atomic E-state index is 9.20. The highest BCUT2D eigenvalue weighted by Gasteiger charge is 2.12. The number of hydrogen-bond donors (Lipinski definition) is 2. The van der Waals surface area contributed by atoms with E-state index in [1.165, 1.54) is 16.5 Å². The van der Waals surface area contributed by atoms with Gasteiger partial charge in [-0.3, -0.25) is 4.90 Å². The number of nitrogens with one attached hydrogen (secondary N) is 1. The summed E-state index contributed by atoms with van der Waals surface area (Å²) < 4.78 is 0. The van der Waals surface area contributed by atoms with Crippen LogP contribution in [0.1, 0.15) is 12.0 Å². The third-order valence-electron chi connectivity index (χ3n) is 3.88. The number of aromatic nitrogens is 1. The monoisotopic (exact) mass is 256 g/mol. The number of aromatic amines is 1. The van der Waals surface area contributed by atoms with Crippen molar-refractivity contribution < 1.29 is 5.11 Å².